The van der Waals surface area contributed by atoms with Crippen LogP contribution in [0.1, 0.15) is 5.56 Å². The molecule has 9 heteroatoms. The van der Waals surface area contributed by atoms with Crippen LogP contribution in [-0.2, 0) is 15.8 Å². The zero-order chi connectivity index (χ0) is 16.5. The maximum Gasteiger partial charge on any atom is 0.417 e. The lowest BCUT2D eigenvalue weighted by molar-refractivity contribution is -0.138. The first-order valence-electron chi connectivity index (χ1n) is 6.06. The third kappa shape index (κ3) is 3.23. The van der Waals surface area contributed by atoms with Crippen molar-refractivity contribution in [3.63, 3.8) is 0 Å². The van der Waals surface area contributed by atoms with Crippen molar-refractivity contribution in [1.82, 2.24) is 4.90 Å². The minimum atomic E-state index is -4.58. The molecule has 0 aromatic heterocycles. The van der Waals surface area contributed by atoms with Crippen LogP contribution in [0.25, 0.3) is 0 Å². The highest BCUT2D eigenvalue weighted by Gasteiger charge is 2.34. The predicted molar refractivity (Wildman–Crippen MR) is 72.0 cm³/mol. The molecule has 0 saturated heterocycles. The highest BCUT2D eigenvalue weighted by molar-refractivity contribution is 6.31. The Morgan fingerprint density at radius 2 is 1.95 bits per heavy atom. The fourth-order valence-electron chi connectivity index (χ4n) is 1.89. The van der Waals surface area contributed by atoms with E-state index in [1.807, 2.05) is 0 Å². The summed E-state index contributed by atoms with van der Waals surface area (Å²) in [5.74, 6) is -1.28. The van der Waals surface area contributed by atoms with E-state index in [1.54, 1.807) is 0 Å². The molecule has 0 radical (unpaired) electrons. The monoisotopic (exact) mass is 334 g/mol. The van der Waals surface area contributed by atoms with Crippen molar-refractivity contribution in [2.24, 2.45) is 0 Å². The van der Waals surface area contributed by atoms with Gasteiger partial charge in [0.05, 0.1) is 23.7 Å². The average molecular weight is 335 g/mol. The largest absolute Gasteiger partial charge is 0.417 e. The second-order valence-electron chi connectivity index (χ2n) is 4.39. The van der Waals surface area contributed by atoms with E-state index >= 15 is 0 Å². The number of amides is 2. The number of anilines is 1. The second-order valence-corrected chi connectivity index (χ2v) is 4.80. The van der Waals surface area contributed by atoms with Crippen LogP contribution in [0.4, 0.5) is 18.9 Å². The molecule has 0 fully saturated rings. The number of aliphatic hydroxyl groups excluding tert-OH is 1. The molecule has 2 amide bonds. The first-order valence-corrected chi connectivity index (χ1v) is 6.44. The summed E-state index contributed by atoms with van der Waals surface area (Å²) in [6.45, 7) is -0.544. The van der Waals surface area contributed by atoms with E-state index in [9.17, 15) is 22.8 Å². The number of β-amino-alcohol motifs (C(OH)–C–C–N with tert-alkyl or cyclic N) is 1. The zero-order valence-electron chi connectivity index (χ0n) is 10.9. The Balaban J connectivity index is 2.19. The van der Waals surface area contributed by atoms with E-state index in [1.165, 1.54) is 0 Å². The standard InChI is InChI=1S/C13H10ClF3N2O3/c14-9-5-7(1-2-8(9)13(15,16)17)18-10-6-11(21)19(3-4-20)12(10)22/h1-2,5-6,18,20H,3-4H2. The van der Waals surface area contributed by atoms with Crippen LogP contribution in [-0.4, -0.2) is 35.0 Å². The number of benzene rings is 1. The molecule has 0 bridgehead atoms. The van der Waals surface area contributed by atoms with E-state index in [0.717, 1.165) is 29.2 Å². The minimum Gasteiger partial charge on any atom is -0.395 e. The summed E-state index contributed by atoms with van der Waals surface area (Å²) in [7, 11) is 0. The Hall–Kier alpha value is -2.06. The predicted octanol–water partition coefficient (Wildman–Crippen LogP) is 2.02. The molecule has 0 saturated carbocycles. The molecule has 1 aromatic rings. The van der Waals surface area contributed by atoms with Crippen molar-refractivity contribution in [2.45, 2.75) is 6.18 Å². The number of halogens is 4. The summed E-state index contributed by atoms with van der Waals surface area (Å²) in [6, 6.07) is 2.89. The van der Waals surface area contributed by atoms with Crippen LogP contribution in [0.15, 0.2) is 30.0 Å². The SMILES string of the molecule is O=C1C=C(Nc2ccc(C(F)(F)F)c(Cl)c2)C(=O)N1CCO. The number of hydrogen-bond acceptors (Lipinski definition) is 4. The molecule has 0 aliphatic carbocycles. The smallest absolute Gasteiger partial charge is 0.395 e. The van der Waals surface area contributed by atoms with Crippen molar-refractivity contribution >= 4 is 29.1 Å². The van der Waals surface area contributed by atoms with Gasteiger partial charge in [-0.05, 0) is 18.2 Å². The van der Waals surface area contributed by atoms with Gasteiger partial charge in [0.25, 0.3) is 11.8 Å². The van der Waals surface area contributed by atoms with E-state index in [0.29, 0.717) is 0 Å². The summed E-state index contributed by atoms with van der Waals surface area (Å²) in [5.41, 5.74) is -0.963. The highest BCUT2D eigenvalue weighted by Crippen LogP contribution is 2.36. The topological polar surface area (TPSA) is 69.6 Å². The molecular formula is C13H10ClF3N2O3. The van der Waals surface area contributed by atoms with Crippen molar-refractivity contribution in [3.05, 3.63) is 40.6 Å². The number of carbonyl (C=O) groups excluding carboxylic acids is 2. The fraction of sp³-hybridized carbons (Fsp3) is 0.231. The van der Waals surface area contributed by atoms with Gasteiger partial charge in [-0.1, -0.05) is 11.6 Å². The highest BCUT2D eigenvalue weighted by atomic mass is 35.5. The zero-order valence-corrected chi connectivity index (χ0v) is 11.7. The molecule has 22 heavy (non-hydrogen) atoms. The molecule has 2 N–H and O–H groups in total. The summed E-state index contributed by atoms with van der Waals surface area (Å²) in [6.07, 6.45) is -3.57. The Bertz CT molecular complexity index is 658. The van der Waals surface area contributed by atoms with Crippen LogP contribution in [0.2, 0.25) is 5.02 Å². The molecule has 0 unspecified atom stereocenters. The van der Waals surface area contributed by atoms with Crippen molar-refractivity contribution < 1.29 is 27.9 Å². The lowest BCUT2D eigenvalue weighted by Gasteiger charge is -2.14. The van der Waals surface area contributed by atoms with Crippen LogP contribution >= 0.6 is 11.6 Å². The average Bonchev–Trinajstić information content (AvgIpc) is 2.65. The van der Waals surface area contributed by atoms with Crippen molar-refractivity contribution in [3.8, 4) is 0 Å². The first kappa shape index (κ1) is 16.3. The van der Waals surface area contributed by atoms with Crippen LogP contribution < -0.4 is 5.32 Å². The van der Waals surface area contributed by atoms with Gasteiger partial charge in [0.2, 0.25) is 0 Å². The summed E-state index contributed by atoms with van der Waals surface area (Å²) in [4.78, 5) is 24.2. The summed E-state index contributed by atoms with van der Waals surface area (Å²) < 4.78 is 37.8. The maximum atomic E-state index is 12.6. The molecule has 1 aliphatic rings. The quantitative estimate of drug-likeness (QED) is 0.827. The minimum absolute atomic E-state index is 0.103. The maximum absolute atomic E-state index is 12.6. The number of alkyl halides is 3. The van der Waals surface area contributed by atoms with Gasteiger partial charge in [0.15, 0.2) is 0 Å². The molecule has 5 nitrogen and oxygen atoms in total. The van der Waals surface area contributed by atoms with Gasteiger partial charge < -0.3 is 10.4 Å². The van der Waals surface area contributed by atoms with Gasteiger partial charge in [-0.15, -0.1) is 0 Å². The third-order valence-corrected chi connectivity index (χ3v) is 3.20. The van der Waals surface area contributed by atoms with E-state index < -0.39 is 28.6 Å². The number of hydrogen-bond donors (Lipinski definition) is 2. The molecule has 2 rings (SSSR count). The van der Waals surface area contributed by atoms with Crippen molar-refractivity contribution in [2.75, 3.05) is 18.5 Å². The lowest BCUT2D eigenvalue weighted by Crippen LogP contribution is -2.34. The normalized spacial score (nSPS) is 15.3. The van der Waals surface area contributed by atoms with E-state index in [2.05, 4.69) is 5.32 Å². The molecular weight excluding hydrogens is 325 g/mol. The number of carbonyl (C=O) groups is 2. The first-order chi connectivity index (χ1) is 10.2. The van der Waals surface area contributed by atoms with Gasteiger partial charge in [-0.2, -0.15) is 13.2 Å². The Morgan fingerprint density at radius 1 is 1.27 bits per heavy atom. The second kappa shape index (κ2) is 5.98. The summed E-state index contributed by atoms with van der Waals surface area (Å²) in [5, 5.41) is 10.8. The van der Waals surface area contributed by atoms with Crippen LogP contribution in [0, 0.1) is 0 Å². The number of rotatable bonds is 4. The van der Waals surface area contributed by atoms with Gasteiger partial charge in [-0.25, -0.2) is 0 Å². The van der Waals surface area contributed by atoms with E-state index in [-0.39, 0.29) is 24.5 Å². The number of imide groups is 1. The molecule has 0 atom stereocenters. The third-order valence-electron chi connectivity index (χ3n) is 2.89. The van der Waals surface area contributed by atoms with Gasteiger partial charge in [-0.3, -0.25) is 14.5 Å². The van der Waals surface area contributed by atoms with Crippen LogP contribution in [0.5, 0.6) is 0 Å². The Morgan fingerprint density at radius 3 is 2.50 bits per heavy atom. The van der Waals surface area contributed by atoms with Crippen LogP contribution in [0.3, 0.4) is 0 Å². The molecule has 118 valence electrons. The number of aliphatic hydroxyl groups is 1. The van der Waals surface area contributed by atoms with Crippen molar-refractivity contribution in [1.29, 1.82) is 0 Å². The Kier molecular flexibility index (Phi) is 4.43. The fourth-order valence-corrected chi connectivity index (χ4v) is 2.18. The lowest BCUT2D eigenvalue weighted by atomic mass is 10.2. The molecule has 1 aromatic carbocycles. The molecule has 1 heterocycles. The Labute approximate surface area is 128 Å². The van der Waals surface area contributed by atoms with Gasteiger partial charge >= 0.3 is 6.18 Å². The van der Waals surface area contributed by atoms with Gasteiger partial charge in [0, 0.05) is 11.8 Å². The summed E-state index contributed by atoms with van der Waals surface area (Å²) >= 11 is 5.57. The van der Waals surface area contributed by atoms with Gasteiger partial charge in [0.1, 0.15) is 5.70 Å². The van der Waals surface area contributed by atoms with E-state index in [4.69, 9.17) is 16.7 Å². The number of nitrogens with one attached hydrogen (secondary N) is 1. The molecule has 1 aliphatic heterocycles. The molecule has 0 spiro atoms. The number of nitrogens with zero attached hydrogens (tertiary/aromatic N) is 1.